The fourth-order valence-corrected chi connectivity index (χ4v) is 2.47. The number of hydrogen-bond acceptors (Lipinski definition) is 4. The molecule has 1 aliphatic rings. The lowest BCUT2D eigenvalue weighted by Crippen LogP contribution is -2.36. The van der Waals surface area contributed by atoms with Crippen molar-refractivity contribution in [1.82, 2.24) is 14.6 Å². The summed E-state index contributed by atoms with van der Waals surface area (Å²) < 4.78 is 1.87. The van der Waals surface area contributed by atoms with E-state index in [0.29, 0.717) is 5.92 Å². The van der Waals surface area contributed by atoms with Crippen LogP contribution in [0.1, 0.15) is 12.8 Å². The second-order valence-electron chi connectivity index (χ2n) is 4.58. The normalized spacial score (nSPS) is 17.8. The van der Waals surface area contributed by atoms with Crippen LogP contribution >= 0.6 is 0 Å². The van der Waals surface area contributed by atoms with Crippen LogP contribution in [0.4, 0.5) is 5.82 Å². The minimum absolute atomic E-state index is 0.677. The van der Waals surface area contributed by atoms with Crippen LogP contribution in [0.3, 0.4) is 0 Å². The smallest absolute Gasteiger partial charge is 0.154 e. The molecular formula is C12H17N5. The van der Waals surface area contributed by atoms with Gasteiger partial charge in [0.1, 0.15) is 5.52 Å². The minimum Gasteiger partial charge on any atom is -0.355 e. The SMILES string of the molecule is NCC1CCN(c2nccn3nccc23)CC1. The molecule has 3 heterocycles. The molecule has 0 atom stereocenters. The first-order valence-corrected chi connectivity index (χ1v) is 6.12. The summed E-state index contributed by atoms with van der Waals surface area (Å²) in [4.78, 5) is 6.82. The number of nitrogens with two attached hydrogens (primary N) is 1. The largest absolute Gasteiger partial charge is 0.355 e. The Bertz CT molecular complexity index is 498. The van der Waals surface area contributed by atoms with Crippen molar-refractivity contribution in [3.63, 3.8) is 0 Å². The second-order valence-corrected chi connectivity index (χ2v) is 4.58. The lowest BCUT2D eigenvalue weighted by molar-refractivity contribution is 0.413. The molecule has 0 amide bonds. The van der Waals surface area contributed by atoms with Crippen molar-refractivity contribution in [3.8, 4) is 0 Å². The molecule has 0 bridgehead atoms. The lowest BCUT2D eigenvalue weighted by Gasteiger charge is -2.32. The Kier molecular flexibility index (Phi) is 2.68. The van der Waals surface area contributed by atoms with E-state index >= 15 is 0 Å². The zero-order valence-corrected chi connectivity index (χ0v) is 9.79. The van der Waals surface area contributed by atoms with Gasteiger partial charge in [0.15, 0.2) is 5.82 Å². The van der Waals surface area contributed by atoms with Crippen LogP contribution in [0.2, 0.25) is 0 Å². The van der Waals surface area contributed by atoms with Crippen molar-refractivity contribution in [1.29, 1.82) is 0 Å². The molecule has 2 aromatic heterocycles. The summed E-state index contributed by atoms with van der Waals surface area (Å²) in [5, 5.41) is 4.24. The zero-order chi connectivity index (χ0) is 11.7. The Morgan fingerprint density at radius 3 is 2.88 bits per heavy atom. The average Bonchev–Trinajstić information content (AvgIpc) is 2.87. The van der Waals surface area contributed by atoms with E-state index in [1.807, 2.05) is 29.2 Å². The van der Waals surface area contributed by atoms with Crippen molar-refractivity contribution in [3.05, 3.63) is 24.7 Å². The highest BCUT2D eigenvalue weighted by atomic mass is 15.3. The van der Waals surface area contributed by atoms with Crippen LogP contribution in [-0.2, 0) is 0 Å². The number of hydrogen-bond donors (Lipinski definition) is 1. The van der Waals surface area contributed by atoms with Crippen molar-refractivity contribution < 1.29 is 0 Å². The molecule has 3 rings (SSSR count). The highest BCUT2D eigenvalue weighted by molar-refractivity contribution is 5.68. The molecule has 1 aliphatic heterocycles. The molecular weight excluding hydrogens is 214 g/mol. The van der Waals surface area contributed by atoms with E-state index in [2.05, 4.69) is 15.0 Å². The van der Waals surface area contributed by atoms with Gasteiger partial charge in [-0.25, -0.2) is 9.50 Å². The molecule has 2 N–H and O–H groups in total. The van der Waals surface area contributed by atoms with Gasteiger partial charge in [-0.05, 0) is 31.4 Å². The van der Waals surface area contributed by atoms with Crippen LogP contribution in [0.5, 0.6) is 0 Å². The summed E-state index contributed by atoms with van der Waals surface area (Å²) >= 11 is 0. The Morgan fingerprint density at radius 1 is 1.29 bits per heavy atom. The van der Waals surface area contributed by atoms with Gasteiger partial charge >= 0.3 is 0 Å². The van der Waals surface area contributed by atoms with E-state index in [9.17, 15) is 0 Å². The van der Waals surface area contributed by atoms with Crippen LogP contribution < -0.4 is 10.6 Å². The lowest BCUT2D eigenvalue weighted by atomic mass is 9.97. The molecule has 0 unspecified atom stereocenters. The zero-order valence-electron chi connectivity index (χ0n) is 9.79. The molecule has 2 aromatic rings. The summed E-state index contributed by atoms with van der Waals surface area (Å²) in [5.41, 5.74) is 6.80. The van der Waals surface area contributed by atoms with E-state index in [1.54, 1.807) is 0 Å². The first-order valence-electron chi connectivity index (χ1n) is 6.12. The Morgan fingerprint density at radius 2 is 2.12 bits per heavy atom. The van der Waals surface area contributed by atoms with Gasteiger partial charge in [0.2, 0.25) is 0 Å². The van der Waals surface area contributed by atoms with Gasteiger partial charge in [-0.3, -0.25) is 0 Å². The fraction of sp³-hybridized carbons (Fsp3) is 0.500. The van der Waals surface area contributed by atoms with Crippen molar-refractivity contribution >= 4 is 11.3 Å². The Hall–Kier alpha value is -1.62. The fourth-order valence-electron chi connectivity index (χ4n) is 2.47. The third-order valence-corrected chi connectivity index (χ3v) is 3.55. The predicted octanol–water partition coefficient (Wildman–Crippen LogP) is 0.904. The molecule has 17 heavy (non-hydrogen) atoms. The van der Waals surface area contributed by atoms with Crippen LogP contribution in [-0.4, -0.2) is 34.2 Å². The summed E-state index contributed by atoms with van der Waals surface area (Å²) in [6.45, 7) is 2.89. The Balaban J connectivity index is 1.87. The van der Waals surface area contributed by atoms with Crippen LogP contribution in [0.25, 0.3) is 5.52 Å². The number of anilines is 1. The molecule has 5 nitrogen and oxygen atoms in total. The monoisotopic (exact) mass is 231 g/mol. The summed E-state index contributed by atoms with van der Waals surface area (Å²) in [6, 6.07) is 2.01. The van der Waals surface area contributed by atoms with Crippen LogP contribution in [0.15, 0.2) is 24.7 Å². The van der Waals surface area contributed by atoms with Gasteiger partial charge < -0.3 is 10.6 Å². The first kappa shape index (κ1) is 10.5. The quantitative estimate of drug-likeness (QED) is 0.834. The Labute approximate surface area is 100 Å². The standard InChI is InChI=1S/C12H17N5/c13-9-10-2-6-16(7-3-10)12-11-1-4-15-17(11)8-5-14-12/h1,4-5,8,10H,2-3,6-7,9,13H2. The average molecular weight is 231 g/mol. The minimum atomic E-state index is 0.677. The number of fused-ring (bicyclic) bond motifs is 1. The van der Waals surface area contributed by atoms with Gasteiger partial charge in [0.25, 0.3) is 0 Å². The van der Waals surface area contributed by atoms with E-state index in [1.165, 1.54) is 0 Å². The maximum atomic E-state index is 5.71. The summed E-state index contributed by atoms with van der Waals surface area (Å²) in [7, 11) is 0. The summed E-state index contributed by atoms with van der Waals surface area (Å²) in [5.74, 6) is 1.72. The highest BCUT2D eigenvalue weighted by Gasteiger charge is 2.20. The van der Waals surface area contributed by atoms with Gasteiger partial charge in [0.05, 0.1) is 6.20 Å². The first-order chi connectivity index (χ1) is 8.38. The van der Waals surface area contributed by atoms with Crippen molar-refractivity contribution in [2.45, 2.75) is 12.8 Å². The molecule has 0 saturated carbocycles. The molecule has 90 valence electrons. The molecule has 0 radical (unpaired) electrons. The molecule has 5 heteroatoms. The third-order valence-electron chi connectivity index (χ3n) is 3.55. The van der Waals surface area contributed by atoms with E-state index in [0.717, 1.165) is 43.8 Å². The molecule has 0 spiro atoms. The van der Waals surface area contributed by atoms with Crippen molar-refractivity contribution in [2.24, 2.45) is 11.7 Å². The number of aromatic nitrogens is 3. The van der Waals surface area contributed by atoms with E-state index in [-0.39, 0.29) is 0 Å². The summed E-state index contributed by atoms with van der Waals surface area (Å²) in [6.07, 6.45) is 7.82. The molecule has 0 aliphatic carbocycles. The van der Waals surface area contributed by atoms with Crippen molar-refractivity contribution in [2.75, 3.05) is 24.5 Å². The number of rotatable bonds is 2. The molecule has 1 saturated heterocycles. The van der Waals surface area contributed by atoms with Gasteiger partial charge in [0, 0.05) is 25.5 Å². The number of piperidine rings is 1. The maximum Gasteiger partial charge on any atom is 0.154 e. The predicted molar refractivity (Wildman–Crippen MR) is 67.0 cm³/mol. The molecule has 1 fully saturated rings. The maximum absolute atomic E-state index is 5.71. The second kappa shape index (κ2) is 4.33. The third kappa shape index (κ3) is 1.86. The van der Waals surface area contributed by atoms with Gasteiger partial charge in [-0.1, -0.05) is 0 Å². The topological polar surface area (TPSA) is 59.5 Å². The highest BCUT2D eigenvalue weighted by Crippen LogP contribution is 2.24. The van der Waals surface area contributed by atoms with E-state index in [4.69, 9.17) is 5.73 Å². The van der Waals surface area contributed by atoms with Gasteiger partial charge in [-0.15, -0.1) is 0 Å². The van der Waals surface area contributed by atoms with Gasteiger partial charge in [-0.2, -0.15) is 5.10 Å². The van der Waals surface area contributed by atoms with E-state index < -0.39 is 0 Å². The number of nitrogens with zero attached hydrogens (tertiary/aromatic N) is 4. The van der Waals surface area contributed by atoms with Crippen LogP contribution in [0, 0.1) is 5.92 Å². The molecule has 0 aromatic carbocycles.